The number of methoxy groups -OCH3 is 1. The van der Waals surface area contributed by atoms with E-state index in [0.29, 0.717) is 13.2 Å². The van der Waals surface area contributed by atoms with Crippen molar-refractivity contribution in [1.29, 1.82) is 0 Å². The van der Waals surface area contributed by atoms with Gasteiger partial charge in [-0.05, 0) is 24.3 Å². The molecule has 0 unspecified atom stereocenters. The molecule has 7 heteroatoms. The van der Waals surface area contributed by atoms with Crippen molar-refractivity contribution in [3.8, 4) is 0 Å². The highest BCUT2D eigenvalue weighted by molar-refractivity contribution is 7.09. The first-order valence-electron chi connectivity index (χ1n) is 6.90. The fraction of sp³-hybridized carbons (Fsp3) is 0.571. The number of carbonyl (C=O) groups is 2. The maximum atomic E-state index is 12.6. The average molecular weight is 312 g/mol. The van der Waals surface area contributed by atoms with Gasteiger partial charge in [0.1, 0.15) is 6.54 Å². The fourth-order valence-corrected chi connectivity index (χ4v) is 2.80. The van der Waals surface area contributed by atoms with Gasteiger partial charge in [-0.15, -0.1) is 11.3 Å². The second kappa shape index (κ2) is 7.42. The molecule has 1 aliphatic rings. The summed E-state index contributed by atoms with van der Waals surface area (Å²) in [6.45, 7) is 0.867. The molecule has 1 aliphatic carbocycles. The van der Waals surface area contributed by atoms with E-state index in [1.807, 2.05) is 17.5 Å². The van der Waals surface area contributed by atoms with Gasteiger partial charge in [-0.1, -0.05) is 6.07 Å². The van der Waals surface area contributed by atoms with Crippen LogP contribution in [0, 0.1) is 0 Å². The number of aliphatic carboxylic acids is 1. The lowest BCUT2D eigenvalue weighted by Gasteiger charge is -2.29. The zero-order valence-electron chi connectivity index (χ0n) is 12.0. The van der Waals surface area contributed by atoms with Gasteiger partial charge in [0.05, 0.1) is 13.2 Å². The minimum Gasteiger partial charge on any atom is -0.480 e. The molecule has 0 spiro atoms. The molecule has 0 aromatic carbocycles. The predicted molar refractivity (Wildman–Crippen MR) is 79.4 cm³/mol. The summed E-state index contributed by atoms with van der Waals surface area (Å²) in [7, 11) is 1.54. The van der Waals surface area contributed by atoms with Crippen molar-refractivity contribution in [3.05, 3.63) is 22.4 Å². The number of carboxylic acid groups (broad SMARTS) is 1. The minimum atomic E-state index is -1.01. The van der Waals surface area contributed by atoms with Crippen LogP contribution in [0.15, 0.2) is 17.5 Å². The topological polar surface area (TPSA) is 70.1 Å². The Labute approximate surface area is 127 Å². The molecule has 21 heavy (non-hydrogen) atoms. The number of nitrogens with zero attached hydrogens (tertiary/aromatic N) is 2. The van der Waals surface area contributed by atoms with Gasteiger partial charge in [0.2, 0.25) is 0 Å². The molecule has 1 aromatic rings. The molecule has 6 nitrogen and oxygen atoms in total. The Kier molecular flexibility index (Phi) is 5.58. The number of thiophene rings is 1. The highest BCUT2D eigenvalue weighted by Gasteiger charge is 2.35. The van der Waals surface area contributed by atoms with Gasteiger partial charge >= 0.3 is 12.0 Å². The number of hydrogen-bond acceptors (Lipinski definition) is 4. The van der Waals surface area contributed by atoms with Crippen LogP contribution >= 0.6 is 11.3 Å². The molecular formula is C14H20N2O4S. The van der Waals surface area contributed by atoms with E-state index in [2.05, 4.69) is 0 Å². The Morgan fingerprint density at radius 1 is 1.48 bits per heavy atom. The third kappa shape index (κ3) is 4.71. The van der Waals surface area contributed by atoms with Crippen LogP contribution in [0.5, 0.6) is 0 Å². The van der Waals surface area contributed by atoms with Crippen molar-refractivity contribution in [2.45, 2.75) is 25.4 Å². The number of rotatable bonds is 8. The first-order chi connectivity index (χ1) is 10.1. The molecule has 0 aliphatic heterocycles. The second-order valence-electron chi connectivity index (χ2n) is 5.03. The SMILES string of the molecule is COCCN(CC(=O)O)C(=O)N(Cc1cccs1)C1CC1. The van der Waals surface area contributed by atoms with Gasteiger partial charge in [-0.2, -0.15) is 0 Å². The van der Waals surface area contributed by atoms with E-state index in [0.717, 1.165) is 17.7 Å². The molecule has 1 N–H and O–H groups in total. The molecule has 2 amide bonds. The summed E-state index contributed by atoms with van der Waals surface area (Å²) in [5.74, 6) is -1.01. The number of urea groups is 1. The van der Waals surface area contributed by atoms with E-state index in [4.69, 9.17) is 9.84 Å². The molecule has 0 radical (unpaired) electrons. The minimum absolute atomic E-state index is 0.217. The average Bonchev–Trinajstić information content (AvgIpc) is 3.16. The normalized spacial score (nSPS) is 14.0. The largest absolute Gasteiger partial charge is 0.480 e. The molecule has 1 fully saturated rings. The quantitative estimate of drug-likeness (QED) is 0.795. The zero-order chi connectivity index (χ0) is 15.2. The first-order valence-corrected chi connectivity index (χ1v) is 7.78. The monoisotopic (exact) mass is 312 g/mol. The summed E-state index contributed by atoms with van der Waals surface area (Å²) >= 11 is 1.60. The van der Waals surface area contributed by atoms with Crippen molar-refractivity contribution in [2.24, 2.45) is 0 Å². The van der Waals surface area contributed by atoms with Crippen molar-refractivity contribution >= 4 is 23.3 Å². The highest BCUT2D eigenvalue weighted by atomic mass is 32.1. The molecule has 1 saturated carbocycles. The zero-order valence-corrected chi connectivity index (χ0v) is 12.8. The summed E-state index contributed by atoms with van der Waals surface area (Å²) in [6, 6.07) is 3.96. The van der Waals surface area contributed by atoms with Crippen LogP contribution in [0.1, 0.15) is 17.7 Å². The van der Waals surface area contributed by atoms with Gasteiger partial charge in [-0.25, -0.2) is 4.79 Å². The molecule has 116 valence electrons. The molecule has 0 atom stereocenters. The summed E-state index contributed by atoms with van der Waals surface area (Å²) < 4.78 is 4.96. The fourth-order valence-electron chi connectivity index (χ4n) is 2.10. The van der Waals surface area contributed by atoms with Crippen molar-refractivity contribution in [3.63, 3.8) is 0 Å². The second-order valence-corrected chi connectivity index (χ2v) is 6.06. The Balaban J connectivity index is 2.04. The summed E-state index contributed by atoms with van der Waals surface area (Å²) in [5, 5.41) is 11.0. The Morgan fingerprint density at radius 2 is 2.24 bits per heavy atom. The Bertz CT molecular complexity index is 473. The standard InChI is InChI=1S/C14H20N2O4S/c1-20-7-6-15(10-13(17)18)14(19)16(11-4-5-11)9-12-3-2-8-21-12/h2-3,8,11H,4-7,9-10H2,1H3,(H,17,18). The Hall–Kier alpha value is -1.60. The van der Waals surface area contributed by atoms with Crippen LogP contribution in [0.3, 0.4) is 0 Å². The third-order valence-corrected chi connectivity index (χ3v) is 4.16. The number of amides is 2. The van der Waals surface area contributed by atoms with Gasteiger partial charge in [0.15, 0.2) is 0 Å². The maximum Gasteiger partial charge on any atom is 0.323 e. The van der Waals surface area contributed by atoms with Gasteiger partial charge in [0.25, 0.3) is 0 Å². The van der Waals surface area contributed by atoms with E-state index in [1.165, 1.54) is 12.0 Å². The van der Waals surface area contributed by atoms with E-state index in [-0.39, 0.29) is 25.2 Å². The maximum absolute atomic E-state index is 12.6. The smallest absolute Gasteiger partial charge is 0.323 e. The van der Waals surface area contributed by atoms with Crippen LogP contribution in [0.25, 0.3) is 0 Å². The Morgan fingerprint density at radius 3 is 2.76 bits per heavy atom. The van der Waals surface area contributed by atoms with Crippen molar-refractivity contribution in [1.82, 2.24) is 9.80 Å². The molecule has 2 rings (SSSR count). The van der Waals surface area contributed by atoms with Gasteiger partial charge < -0.3 is 19.6 Å². The van der Waals surface area contributed by atoms with E-state index >= 15 is 0 Å². The molecule has 1 heterocycles. The summed E-state index contributed by atoms with van der Waals surface area (Å²) in [6.07, 6.45) is 1.98. The highest BCUT2D eigenvalue weighted by Crippen LogP contribution is 2.30. The first kappa shape index (κ1) is 15.8. The van der Waals surface area contributed by atoms with Crippen LogP contribution in [0.4, 0.5) is 4.79 Å². The van der Waals surface area contributed by atoms with Crippen LogP contribution in [-0.2, 0) is 16.1 Å². The van der Waals surface area contributed by atoms with Gasteiger partial charge in [0, 0.05) is 24.6 Å². The van der Waals surface area contributed by atoms with Crippen LogP contribution in [0.2, 0.25) is 0 Å². The molecule has 0 saturated heterocycles. The van der Waals surface area contributed by atoms with E-state index < -0.39 is 5.97 Å². The lowest BCUT2D eigenvalue weighted by Crippen LogP contribution is -2.47. The van der Waals surface area contributed by atoms with Crippen LogP contribution < -0.4 is 0 Å². The number of carbonyl (C=O) groups excluding carboxylic acids is 1. The van der Waals surface area contributed by atoms with E-state index in [1.54, 1.807) is 16.2 Å². The third-order valence-electron chi connectivity index (χ3n) is 3.30. The summed E-state index contributed by atoms with van der Waals surface area (Å²) in [4.78, 5) is 27.8. The lowest BCUT2D eigenvalue weighted by molar-refractivity contribution is -0.137. The number of carboxylic acids is 1. The van der Waals surface area contributed by atoms with Crippen molar-refractivity contribution < 1.29 is 19.4 Å². The number of hydrogen-bond donors (Lipinski definition) is 1. The van der Waals surface area contributed by atoms with Crippen LogP contribution in [-0.4, -0.2) is 59.8 Å². The molecular weight excluding hydrogens is 292 g/mol. The molecule has 0 bridgehead atoms. The number of ether oxygens (including phenoxy) is 1. The summed E-state index contributed by atoms with van der Waals surface area (Å²) in [5.41, 5.74) is 0. The van der Waals surface area contributed by atoms with E-state index in [9.17, 15) is 9.59 Å². The predicted octanol–water partition coefficient (Wildman–Crippen LogP) is 1.87. The molecule has 1 aromatic heterocycles. The van der Waals surface area contributed by atoms with Crippen molar-refractivity contribution in [2.75, 3.05) is 26.8 Å². The van der Waals surface area contributed by atoms with Gasteiger partial charge in [-0.3, -0.25) is 4.79 Å². The lowest BCUT2D eigenvalue weighted by atomic mass is 10.4.